The van der Waals surface area contributed by atoms with Gasteiger partial charge >= 0.3 is 0 Å². The standard InChI is InChI=1S/C13H17ClN2O2/c1-13(2)8-15-5-6-16(13)12(18)9-3-4-11(17)10(14)7-9/h3-4,7,15,17H,5-6,8H2,1-2H3. The largest absolute Gasteiger partial charge is 0.506 e. The summed E-state index contributed by atoms with van der Waals surface area (Å²) in [4.78, 5) is 14.3. The van der Waals surface area contributed by atoms with Crippen LogP contribution in [0.5, 0.6) is 5.75 Å². The lowest BCUT2D eigenvalue weighted by molar-refractivity contribution is 0.0477. The van der Waals surface area contributed by atoms with Gasteiger partial charge in [0.25, 0.3) is 5.91 Å². The van der Waals surface area contributed by atoms with E-state index in [1.165, 1.54) is 12.1 Å². The summed E-state index contributed by atoms with van der Waals surface area (Å²) in [5, 5.41) is 12.8. The first-order valence-corrected chi connectivity index (χ1v) is 6.31. The first-order chi connectivity index (χ1) is 8.42. The normalized spacial score (nSPS) is 18.7. The fourth-order valence-corrected chi connectivity index (χ4v) is 2.34. The van der Waals surface area contributed by atoms with Gasteiger partial charge in [0.05, 0.1) is 10.6 Å². The molecule has 0 aromatic heterocycles. The van der Waals surface area contributed by atoms with Crippen LogP contribution in [0.25, 0.3) is 0 Å². The summed E-state index contributed by atoms with van der Waals surface area (Å²) < 4.78 is 0. The average molecular weight is 269 g/mol. The van der Waals surface area contributed by atoms with Gasteiger partial charge < -0.3 is 15.3 Å². The Balaban J connectivity index is 2.27. The van der Waals surface area contributed by atoms with Crippen molar-refractivity contribution in [3.63, 3.8) is 0 Å². The van der Waals surface area contributed by atoms with Gasteiger partial charge in [0, 0.05) is 25.2 Å². The maximum absolute atomic E-state index is 12.4. The molecule has 98 valence electrons. The van der Waals surface area contributed by atoms with Crippen molar-refractivity contribution in [3.05, 3.63) is 28.8 Å². The molecule has 1 aromatic rings. The fourth-order valence-electron chi connectivity index (χ4n) is 2.16. The van der Waals surface area contributed by atoms with Crippen molar-refractivity contribution >= 4 is 17.5 Å². The van der Waals surface area contributed by atoms with E-state index in [-0.39, 0.29) is 22.2 Å². The van der Waals surface area contributed by atoms with Crippen LogP contribution in [0.1, 0.15) is 24.2 Å². The number of amides is 1. The third-order valence-electron chi connectivity index (χ3n) is 3.24. The quantitative estimate of drug-likeness (QED) is 0.818. The molecule has 0 saturated carbocycles. The van der Waals surface area contributed by atoms with Crippen LogP contribution in [0, 0.1) is 0 Å². The van der Waals surface area contributed by atoms with E-state index >= 15 is 0 Å². The molecule has 4 nitrogen and oxygen atoms in total. The number of nitrogens with one attached hydrogen (secondary N) is 1. The van der Waals surface area contributed by atoms with Crippen LogP contribution in [0.3, 0.4) is 0 Å². The van der Waals surface area contributed by atoms with E-state index in [0.717, 1.165) is 13.1 Å². The van der Waals surface area contributed by atoms with E-state index < -0.39 is 0 Å². The predicted molar refractivity (Wildman–Crippen MR) is 71.1 cm³/mol. The highest BCUT2D eigenvalue weighted by Crippen LogP contribution is 2.26. The Morgan fingerprint density at radius 3 is 2.83 bits per heavy atom. The number of rotatable bonds is 1. The third-order valence-corrected chi connectivity index (χ3v) is 3.54. The van der Waals surface area contributed by atoms with Crippen molar-refractivity contribution < 1.29 is 9.90 Å². The molecule has 1 heterocycles. The lowest BCUT2D eigenvalue weighted by Gasteiger charge is -2.42. The number of halogens is 1. The van der Waals surface area contributed by atoms with Crippen LogP contribution >= 0.6 is 11.6 Å². The zero-order valence-electron chi connectivity index (χ0n) is 10.5. The van der Waals surface area contributed by atoms with Gasteiger partial charge in [-0.3, -0.25) is 4.79 Å². The molecule has 1 amide bonds. The van der Waals surface area contributed by atoms with Gasteiger partial charge in [-0.1, -0.05) is 11.6 Å². The highest BCUT2D eigenvalue weighted by molar-refractivity contribution is 6.32. The molecular formula is C13H17ClN2O2. The van der Waals surface area contributed by atoms with E-state index in [0.29, 0.717) is 12.1 Å². The van der Waals surface area contributed by atoms with E-state index in [1.807, 2.05) is 18.7 Å². The van der Waals surface area contributed by atoms with E-state index in [1.54, 1.807) is 6.07 Å². The minimum atomic E-state index is -0.223. The minimum absolute atomic E-state index is 0.00668. The maximum Gasteiger partial charge on any atom is 0.254 e. The molecule has 0 atom stereocenters. The molecule has 2 N–H and O–H groups in total. The Hall–Kier alpha value is -1.26. The summed E-state index contributed by atoms with van der Waals surface area (Å²) in [5.41, 5.74) is 0.285. The first-order valence-electron chi connectivity index (χ1n) is 5.93. The van der Waals surface area contributed by atoms with Gasteiger partial charge in [0.2, 0.25) is 0 Å². The lowest BCUT2D eigenvalue weighted by atomic mass is 9.98. The second kappa shape index (κ2) is 4.78. The monoisotopic (exact) mass is 268 g/mol. The van der Waals surface area contributed by atoms with Crippen LogP contribution in [0.2, 0.25) is 5.02 Å². The summed E-state index contributed by atoms with van der Waals surface area (Å²) in [6.07, 6.45) is 0. The Morgan fingerprint density at radius 2 is 2.22 bits per heavy atom. The van der Waals surface area contributed by atoms with Crippen molar-refractivity contribution in [1.29, 1.82) is 0 Å². The van der Waals surface area contributed by atoms with Crippen LogP contribution < -0.4 is 5.32 Å². The number of piperazine rings is 1. The summed E-state index contributed by atoms with van der Waals surface area (Å²) in [7, 11) is 0. The molecule has 2 rings (SSSR count). The van der Waals surface area contributed by atoms with Gasteiger partial charge in [-0.05, 0) is 32.0 Å². The van der Waals surface area contributed by atoms with E-state index in [4.69, 9.17) is 11.6 Å². The number of carbonyl (C=O) groups excluding carboxylic acids is 1. The van der Waals surface area contributed by atoms with Gasteiger partial charge in [-0.15, -0.1) is 0 Å². The molecule has 0 aliphatic carbocycles. The van der Waals surface area contributed by atoms with Gasteiger partial charge in [-0.2, -0.15) is 0 Å². The molecule has 1 saturated heterocycles. The number of hydrogen-bond acceptors (Lipinski definition) is 3. The number of nitrogens with zero attached hydrogens (tertiary/aromatic N) is 1. The molecule has 5 heteroatoms. The number of carbonyl (C=O) groups is 1. The van der Waals surface area contributed by atoms with Crippen molar-refractivity contribution in [3.8, 4) is 5.75 Å². The zero-order chi connectivity index (χ0) is 13.3. The van der Waals surface area contributed by atoms with Crippen LogP contribution in [0.15, 0.2) is 18.2 Å². The second-order valence-electron chi connectivity index (χ2n) is 5.11. The molecule has 1 fully saturated rings. The number of aromatic hydroxyl groups is 1. The topological polar surface area (TPSA) is 52.6 Å². The number of hydrogen-bond donors (Lipinski definition) is 2. The van der Waals surface area contributed by atoms with Crippen molar-refractivity contribution in [2.75, 3.05) is 19.6 Å². The summed E-state index contributed by atoms with van der Waals surface area (Å²) in [6.45, 7) is 6.29. The van der Waals surface area contributed by atoms with Crippen LogP contribution in [-0.2, 0) is 0 Å². The Labute approximate surface area is 112 Å². The molecule has 18 heavy (non-hydrogen) atoms. The van der Waals surface area contributed by atoms with Crippen LogP contribution in [0.4, 0.5) is 0 Å². The Bertz CT molecular complexity index is 474. The molecule has 0 unspecified atom stereocenters. The second-order valence-corrected chi connectivity index (χ2v) is 5.52. The zero-order valence-corrected chi connectivity index (χ0v) is 11.3. The Morgan fingerprint density at radius 1 is 1.50 bits per heavy atom. The summed E-state index contributed by atoms with van der Waals surface area (Å²) in [5.74, 6) is -0.0591. The number of phenolic OH excluding ortho intramolecular Hbond substituents is 1. The fraction of sp³-hybridized carbons (Fsp3) is 0.462. The smallest absolute Gasteiger partial charge is 0.254 e. The first kappa shape index (κ1) is 13.2. The van der Waals surface area contributed by atoms with Crippen LogP contribution in [-0.4, -0.2) is 41.1 Å². The van der Waals surface area contributed by atoms with Crippen molar-refractivity contribution in [2.24, 2.45) is 0 Å². The van der Waals surface area contributed by atoms with Crippen molar-refractivity contribution in [1.82, 2.24) is 10.2 Å². The average Bonchev–Trinajstić information content (AvgIpc) is 2.31. The molecule has 0 radical (unpaired) electrons. The molecule has 0 spiro atoms. The molecule has 1 aliphatic heterocycles. The molecule has 1 aliphatic rings. The molecular weight excluding hydrogens is 252 g/mol. The minimum Gasteiger partial charge on any atom is -0.506 e. The number of benzene rings is 1. The summed E-state index contributed by atoms with van der Waals surface area (Å²) in [6, 6.07) is 4.56. The summed E-state index contributed by atoms with van der Waals surface area (Å²) >= 11 is 5.83. The Kier molecular flexibility index (Phi) is 3.50. The van der Waals surface area contributed by atoms with Crippen molar-refractivity contribution in [2.45, 2.75) is 19.4 Å². The highest BCUT2D eigenvalue weighted by Gasteiger charge is 2.33. The van der Waals surface area contributed by atoms with E-state index in [9.17, 15) is 9.90 Å². The highest BCUT2D eigenvalue weighted by atomic mass is 35.5. The SMILES string of the molecule is CC1(C)CNCCN1C(=O)c1ccc(O)c(Cl)c1. The maximum atomic E-state index is 12.4. The predicted octanol–water partition coefficient (Wildman–Crippen LogP) is 1.87. The molecule has 1 aromatic carbocycles. The lowest BCUT2D eigenvalue weighted by Crippen LogP contribution is -2.59. The number of phenols is 1. The van der Waals surface area contributed by atoms with Gasteiger partial charge in [0.1, 0.15) is 5.75 Å². The molecule has 0 bridgehead atoms. The third kappa shape index (κ3) is 2.44. The van der Waals surface area contributed by atoms with Gasteiger partial charge in [-0.25, -0.2) is 0 Å². The van der Waals surface area contributed by atoms with Gasteiger partial charge in [0.15, 0.2) is 0 Å². The van der Waals surface area contributed by atoms with E-state index in [2.05, 4.69) is 5.32 Å².